The summed E-state index contributed by atoms with van der Waals surface area (Å²) in [6, 6.07) is 3.69. The maximum atomic E-state index is 11.3. The van der Waals surface area contributed by atoms with Gasteiger partial charge in [-0.25, -0.2) is 14.5 Å². The first-order valence-electron chi connectivity index (χ1n) is 6.20. The van der Waals surface area contributed by atoms with Crippen LogP contribution in [0.25, 0.3) is 5.82 Å². The Bertz CT molecular complexity index is 683. The van der Waals surface area contributed by atoms with Crippen LogP contribution in [0.2, 0.25) is 0 Å². The van der Waals surface area contributed by atoms with Crippen LogP contribution in [0.4, 0.5) is 0 Å². The van der Waals surface area contributed by atoms with Crippen molar-refractivity contribution in [2.24, 2.45) is 0 Å². The Hall–Kier alpha value is -1.48. The number of rotatable bonds is 2. The van der Waals surface area contributed by atoms with E-state index in [9.17, 15) is 15.0 Å². The van der Waals surface area contributed by atoms with E-state index in [1.165, 1.54) is 0 Å². The van der Waals surface area contributed by atoms with Crippen molar-refractivity contribution in [2.75, 3.05) is 0 Å². The van der Waals surface area contributed by atoms with Crippen molar-refractivity contribution in [3.8, 4) is 5.82 Å². The van der Waals surface area contributed by atoms with E-state index >= 15 is 0 Å². The smallest absolute Gasteiger partial charge is 0.356 e. The molecule has 7 heteroatoms. The minimum Gasteiger partial charge on any atom is -0.476 e. The van der Waals surface area contributed by atoms with E-state index in [0.29, 0.717) is 30.6 Å². The zero-order valence-electron chi connectivity index (χ0n) is 10.5. The quantitative estimate of drug-likeness (QED) is 0.764. The van der Waals surface area contributed by atoms with Crippen LogP contribution < -0.4 is 0 Å². The Balaban J connectivity index is 2.18. The zero-order chi connectivity index (χ0) is 14.3. The summed E-state index contributed by atoms with van der Waals surface area (Å²) in [7, 11) is 0. The lowest BCUT2D eigenvalue weighted by Crippen LogP contribution is -2.21. The van der Waals surface area contributed by atoms with Crippen molar-refractivity contribution in [1.82, 2.24) is 14.8 Å². The summed E-state index contributed by atoms with van der Waals surface area (Å²) in [5.74, 6) is -0.461. The van der Waals surface area contributed by atoms with Gasteiger partial charge in [-0.05, 0) is 47.6 Å². The van der Waals surface area contributed by atoms with Crippen LogP contribution in [-0.4, -0.2) is 37.1 Å². The fraction of sp³-hybridized carbons (Fsp3) is 0.308. The summed E-state index contributed by atoms with van der Waals surface area (Å²) in [6.45, 7) is 0. The van der Waals surface area contributed by atoms with Crippen LogP contribution in [0.3, 0.4) is 0 Å². The van der Waals surface area contributed by atoms with Gasteiger partial charge in [0.25, 0.3) is 0 Å². The van der Waals surface area contributed by atoms with E-state index in [-0.39, 0.29) is 5.69 Å². The third kappa shape index (κ3) is 2.31. The predicted octanol–water partition coefficient (Wildman–Crippen LogP) is 1.42. The second-order valence-corrected chi connectivity index (χ2v) is 5.97. The Labute approximate surface area is 128 Å². The number of halogens is 1. The predicted molar refractivity (Wildman–Crippen MR) is 79.1 cm³/mol. The standard InChI is InChI=1S/C13H12IN3O3/c14-7-3-4-15-11(5-7)17-10-6-8(18)1-2-9(10)12(16-17)13(19)20/h3-5,8,18H,1-2,6H2,(H,19,20). The maximum absolute atomic E-state index is 11.3. The Kier molecular flexibility index (Phi) is 3.47. The second-order valence-electron chi connectivity index (χ2n) is 4.72. The molecule has 0 bridgehead atoms. The van der Waals surface area contributed by atoms with E-state index < -0.39 is 12.1 Å². The summed E-state index contributed by atoms with van der Waals surface area (Å²) in [5.41, 5.74) is 1.52. The number of carboxylic acids is 1. The van der Waals surface area contributed by atoms with Crippen LogP contribution in [0.1, 0.15) is 28.2 Å². The molecule has 0 spiro atoms. The van der Waals surface area contributed by atoms with E-state index in [1.807, 2.05) is 12.1 Å². The molecule has 2 N–H and O–H groups in total. The topological polar surface area (TPSA) is 88.2 Å². The van der Waals surface area contributed by atoms with Gasteiger partial charge in [-0.1, -0.05) is 0 Å². The molecule has 0 saturated heterocycles. The van der Waals surface area contributed by atoms with Crippen molar-refractivity contribution >= 4 is 28.6 Å². The number of carboxylic acid groups (broad SMARTS) is 1. The first-order chi connectivity index (χ1) is 9.56. The summed E-state index contributed by atoms with van der Waals surface area (Å²) in [6.07, 6.45) is 2.71. The second kappa shape index (κ2) is 5.13. The molecule has 3 rings (SSSR count). The molecule has 0 fully saturated rings. The SMILES string of the molecule is O=C(O)c1nn(-c2cc(I)ccn2)c2c1CCC(O)C2. The molecule has 0 saturated carbocycles. The number of nitrogens with zero attached hydrogens (tertiary/aromatic N) is 3. The maximum Gasteiger partial charge on any atom is 0.356 e. The molecule has 1 aliphatic rings. The molecule has 1 aliphatic carbocycles. The zero-order valence-corrected chi connectivity index (χ0v) is 12.6. The molecule has 2 aromatic heterocycles. The van der Waals surface area contributed by atoms with E-state index in [2.05, 4.69) is 32.7 Å². The van der Waals surface area contributed by atoms with Crippen LogP contribution in [-0.2, 0) is 12.8 Å². The van der Waals surface area contributed by atoms with E-state index in [0.717, 1.165) is 9.26 Å². The average Bonchev–Trinajstić information content (AvgIpc) is 2.77. The van der Waals surface area contributed by atoms with Crippen LogP contribution >= 0.6 is 22.6 Å². The molecule has 0 radical (unpaired) electrons. The summed E-state index contributed by atoms with van der Waals surface area (Å²) >= 11 is 2.17. The lowest BCUT2D eigenvalue weighted by molar-refractivity contribution is 0.0687. The van der Waals surface area contributed by atoms with E-state index in [1.54, 1.807) is 10.9 Å². The van der Waals surface area contributed by atoms with Crippen molar-refractivity contribution in [3.63, 3.8) is 0 Å². The van der Waals surface area contributed by atoms with Gasteiger partial charge >= 0.3 is 5.97 Å². The molecule has 2 aromatic rings. The summed E-state index contributed by atoms with van der Waals surface area (Å²) < 4.78 is 2.54. The molecule has 6 nitrogen and oxygen atoms in total. The third-order valence-corrected chi connectivity index (χ3v) is 4.04. The number of pyridine rings is 1. The molecule has 1 atom stereocenters. The molecule has 0 amide bonds. The molecule has 1 unspecified atom stereocenters. The first kappa shape index (κ1) is 13.5. The highest BCUT2D eigenvalue weighted by molar-refractivity contribution is 14.1. The van der Waals surface area contributed by atoms with E-state index in [4.69, 9.17) is 0 Å². The summed E-state index contributed by atoms with van der Waals surface area (Å²) in [4.78, 5) is 15.5. The first-order valence-corrected chi connectivity index (χ1v) is 7.28. The third-order valence-electron chi connectivity index (χ3n) is 3.37. The normalized spacial score (nSPS) is 17.8. The van der Waals surface area contributed by atoms with Gasteiger partial charge in [-0.15, -0.1) is 0 Å². The lowest BCUT2D eigenvalue weighted by atomic mass is 9.93. The number of aromatic carboxylic acids is 1. The van der Waals surface area contributed by atoms with Gasteiger partial charge in [0, 0.05) is 21.8 Å². The van der Waals surface area contributed by atoms with Crippen LogP contribution in [0, 0.1) is 3.57 Å². The minimum absolute atomic E-state index is 0.0626. The fourth-order valence-electron chi connectivity index (χ4n) is 2.46. The minimum atomic E-state index is -1.04. The molecule has 20 heavy (non-hydrogen) atoms. The highest BCUT2D eigenvalue weighted by Gasteiger charge is 2.28. The van der Waals surface area contributed by atoms with Crippen LogP contribution in [0.15, 0.2) is 18.3 Å². The number of hydrogen-bond acceptors (Lipinski definition) is 4. The Morgan fingerprint density at radius 3 is 3.00 bits per heavy atom. The number of aliphatic hydroxyl groups is 1. The monoisotopic (exact) mass is 385 g/mol. The number of carbonyl (C=O) groups is 1. The van der Waals surface area contributed by atoms with Crippen molar-refractivity contribution in [1.29, 1.82) is 0 Å². The highest BCUT2D eigenvalue weighted by Crippen LogP contribution is 2.27. The Morgan fingerprint density at radius 2 is 2.30 bits per heavy atom. The molecule has 2 heterocycles. The van der Waals surface area contributed by atoms with Gasteiger partial charge in [0.2, 0.25) is 0 Å². The number of aliphatic hydroxyl groups excluding tert-OH is 1. The number of hydrogen-bond donors (Lipinski definition) is 2. The van der Waals surface area contributed by atoms with Gasteiger partial charge in [0.1, 0.15) is 0 Å². The molecular weight excluding hydrogens is 373 g/mol. The number of fused-ring (bicyclic) bond motifs is 1. The van der Waals surface area contributed by atoms with Gasteiger partial charge in [-0.3, -0.25) is 0 Å². The molecular formula is C13H12IN3O3. The van der Waals surface area contributed by atoms with Crippen molar-refractivity contribution in [2.45, 2.75) is 25.4 Å². The largest absolute Gasteiger partial charge is 0.476 e. The highest BCUT2D eigenvalue weighted by atomic mass is 127. The van der Waals surface area contributed by atoms with Crippen molar-refractivity contribution < 1.29 is 15.0 Å². The molecule has 104 valence electrons. The number of aromatic nitrogens is 3. The van der Waals surface area contributed by atoms with Gasteiger partial charge in [0.15, 0.2) is 11.5 Å². The van der Waals surface area contributed by atoms with Crippen LogP contribution in [0.5, 0.6) is 0 Å². The fourth-order valence-corrected chi connectivity index (χ4v) is 2.90. The Morgan fingerprint density at radius 1 is 1.50 bits per heavy atom. The van der Waals surface area contributed by atoms with Gasteiger partial charge < -0.3 is 10.2 Å². The molecule has 0 aliphatic heterocycles. The lowest BCUT2D eigenvalue weighted by Gasteiger charge is -2.18. The van der Waals surface area contributed by atoms with Gasteiger partial charge in [0.05, 0.1) is 11.8 Å². The van der Waals surface area contributed by atoms with Crippen molar-refractivity contribution in [3.05, 3.63) is 38.9 Å². The van der Waals surface area contributed by atoms with Gasteiger partial charge in [-0.2, -0.15) is 5.10 Å². The average molecular weight is 385 g/mol. The summed E-state index contributed by atoms with van der Waals surface area (Å²) in [5, 5.41) is 23.3. The molecule has 0 aromatic carbocycles.